The molecular formula is C18H32. The van der Waals surface area contributed by atoms with Crippen molar-refractivity contribution in [2.75, 3.05) is 0 Å². The summed E-state index contributed by atoms with van der Waals surface area (Å²) in [4.78, 5) is 0. The minimum atomic E-state index is 1.19. The molecule has 104 valence electrons. The molecule has 0 nitrogen and oxygen atoms in total. The Labute approximate surface area is 115 Å². The Morgan fingerprint density at radius 3 is 1.72 bits per heavy atom. The van der Waals surface area contributed by atoms with Gasteiger partial charge in [-0.05, 0) is 32.1 Å². The van der Waals surface area contributed by atoms with E-state index in [4.69, 9.17) is 0 Å². The molecule has 0 aromatic rings. The summed E-state index contributed by atoms with van der Waals surface area (Å²) in [6.45, 7) is 5.98. The maximum Gasteiger partial charge on any atom is -0.0348 e. The van der Waals surface area contributed by atoms with Crippen LogP contribution in [0.4, 0.5) is 0 Å². The number of rotatable bonds is 13. The molecule has 0 bridgehead atoms. The van der Waals surface area contributed by atoms with Crippen molar-refractivity contribution in [3.63, 3.8) is 0 Å². The van der Waals surface area contributed by atoms with Gasteiger partial charge in [0.1, 0.15) is 0 Å². The third-order valence-electron chi connectivity index (χ3n) is 3.14. The monoisotopic (exact) mass is 248 g/mol. The van der Waals surface area contributed by atoms with Crippen LogP contribution < -0.4 is 0 Å². The van der Waals surface area contributed by atoms with Crippen LogP contribution in [0.5, 0.6) is 0 Å². The van der Waals surface area contributed by atoms with Crippen molar-refractivity contribution < 1.29 is 0 Å². The summed E-state index contributed by atoms with van der Waals surface area (Å²) in [7, 11) is 0. The second-order valence-electron chi connectivity index (χ2n) is 4.99. The molecule has 0 heteroatoms. The molecule has 0 radical (unpaired) electrons. The quantitative estimate of drug-likeness (QED) is 0.196. The standard InChI is InChI=1S/C18H32/c1-3-5-7-9-11-13-15-17-18-16-14-12-10-8-6-4-2/h3,10,12,14,16H,1,4-9,11,13,15,17-18H2,2H3/b12-10-,16-14+. The van der Waals surface area contributed by atoms with Crippen molar-refractivity contribution in [2.24, 2.45) is 0 Å². The molecule has 0 aliphatic heterocycles. The van der Waals surface area contributed by atoms with Crippen molar-refractivity contribution >= 4 is 0 Å². The largest absolute Gasteiger partial charge is 0.103 e. The molecular weight excluding hydrogens is 216 g/mol. The van der Waals surface area contributed by atoms with Gasteiger partial charge in [-0.2, -0.15) is 0 Å². The van der Waals surface area contributed by atoms with E-state index in [1.54, 1.807) is 0 Å². The van der Waals surface area contributed by atoms with Gasteiger partial charge in [-0.1, -0.05) is 75.8 Å². The van der Waals surface area contributed by atoms with Gasteiger partial charge in [0, 0.05) is 0 Å². The lowest BCUT2D eigenvalue weighted by molar-refractivity contribution is 0.600. The van der Waals surface area contributed by atoms with E-state index in [0.717, 1.165) is 0 Å². The van der Waals surface area contributed by atoms with Gasteiger partial charge >= 0.3 is 0 Å². The molecule has 0 saturated carbocycles. The zero-order chi connectivity index (χ0) is 13.3. The average Bonchev–Trinajstić information content (AvgIpc) is 2.39. The van der Waals surface area contributed by atoms with Crippen LogP contribution in [0.1, 0.15) is 77.6 Å². The van der Waals surface area contributed by atoms with Crippen LogP contribution in [0.25, 0.3) is 0 Å². The molecule has 0 rings (SSSR count). The topological polar surface area (TPSA) is 0 Å². The summed E-state index contributed by atoms with van der Waals surface area (Å²) in [5.41, 5.74) is 0. The molecule has 0 spiro atoms. The van der Waals surface area contributed by atoms with Gasteiger partial charge in [0.2, 0.25) is 0 Å². The molecule has 0 aliphatic rings. The second kappa shape index (κ2) is 16.2. The van der Waals surface area contributed by atoms with Gasteiger partial charge < -0.3 is 0 Å². The van der Waals surface area contributed by atoms with E-state index < -0.39 is 0 Å². The normalized spacial score (nSPS) is 11.6. The molecule has 0 saturated heterocycles. The summed E-state index contributed by atoms with van der Waals surface area (Å²) in [5, 5.41) is 0. The Kier molecular flexibility index (Phi) is 15.5. The first-order valence-electron chi connectivity index (χ1n) is 7.84. The number of allylic oxidation sites excluding steroid dienone is 5. The number of unbranched alkanes of at least 4 members (excludes halogenated alkanes) is 9. The highest BCUT2D eigenvalue weighted by atomic mass is 14.0. The molecule has 0 aliphatic carbocycles. The lowest BCUT2D eigenvalue weighted by Crippen LogP contribution is -1.79. The van der Waals surface area contributed by atoms with Crippen molar-refractivity contribution in [2.45, 2.75) is 77.6 Å². The lowest BCUT2D eigenvalue weighted by atomic mass is 10.1. The van der Waals surface area contributed by atoms with E-state index in [1.165, 1.54) is 70.6 Å². The maximum atomic E-state index is 3.75. The first-order valence-corrected chi connectivity index (χ1v) is 7.84. The Balaban J connectivity index is 3.12. The zero-order valence-corrected chi connectivity index (χ0v) is 12.4. The smallest absolute Gasteiger partial charge is 0.0348 e. The number of hydrogen-bond acceptors (Lipinski definition) is 0. The van der Waals surface area contributed by atoms with E-state index in [1.807, 2.05) is 6.08 Å². The minimum Gasteiger partial charge on any atom is -0.103 e. The molecule has 0 heterocycles. The minimum absolute atomic E-state index is 1.19. The summed E-state index contributed by atoms with van der Waals surface area (Å²) < 4.78 is 0. The maximum absolute atomic E-state index is 3.75. The molecule has 0 atom stereocenters. The SMILES string of the molecule is C=CCCCCCCCC/C=C/C=C\CCCC. The fraction of sp³-hybridized carbons (Fsp3) is 0.667. The van der Waals surface area contributed by atoms with Crippen LogP contribution in [0.15, 0.2) is 37.0 Å². The zero-order valence-electron chi connectivity index (χ0n) is 12.4. The summed E-state index contributed by atoms with van der Waals surface area (Å²) in [6.07, 6.45) is 25.5. The van der Waals surface area contributed by atoms with Gasteiger partial charge in [-0.3, -0.25) is 0 Å². The van der Waals surface area contributed by atoms with Crippen LogP contribution in [0.2, 0.25) is 0 Å². The summed E-state index contributed by atoms with van der Waals surface area (Å²) in [6, 6.07) is 0. The van der Waals surface area contributed by atoms with Gasteiger partial charge in [0.25, 0.3) is 0 Å². The summed E-state index contributed by atoms with van der Waals surface area (Å²) >= 11 is 0. The molecule has 0 amide bonds. The fourth-order valence-electron chi connectivity index (χ4n) is 1.93. The third-order valence-corrected chi connectivity index (χ3v) is 3.14. The van der Waals surface area contributed by atoms with Gasteiger partial charge in [-0.25, -0.2) is 0 Å². The summed E-state index contributed by atoms with van der Waals surface area (Å²) in [5.74, 6) is 0. The fourth-order valence-corrected chi connectivity index (χ4v) is 1.93. The highest BCUT2D eigenvalue weighted by Gasteiger charge is 1.89. The van der Waals surface area contributed by atoms with Crippen molar-refractivity contribution in [3.05, 3.63) is 37.0 Å². The van der Waals surface area contributed by atoms with Gasteiger partial charge in [0.15, 0.2) is 0 Å². The Hall–Kier alpha value is -0.780. The van der Waals surface area contributed by atoms with E-state index in [2.05, 4.69) is 37.8 Å². The lowest BCUT2D eigenvalue weighted by Gasteiger charge is -1.98. The van der Waals surface area contributed by atoms with Crippen LogP contribution >= 0.6 is 0 Å². The average molecular weight is 248 g/mol. The van der Waals surface area contributed by atoms with Crippen molar-refractivity contribution in [1.82, 2.24) is 0 Å². The van der Waals surface area contributed by atoms with Gasteiger partial charge in [-0.15, -0.1) is 6.58 Å². The van der Waals surface area contributed by atoms with Crippen molar-refractivity contribution in [3.8, 4) is 0 Å². The molecule has 0 fully saturated rings. The Morgan fingerprint density at radius 2 is 1.17 bits per heavy atom. The first-order chi connectivity index (χ1) is 8.91. The first kappa shape index (κ1) is 17.2. The molecule has 0 N–H and O–H groups in total. The molecule has 18 heavy (non-hydrogen) atoms. The molecule has 0 aromatic carbocycles. The number of hydrogen-bond donors (Lipinski definition) is 0. The van der Waals surface area contributed by atoms with E-state index in [9.17, 15) is 0 Å². The highest BCUT2D eigenvalue weighted by molar-refractivity contribution is 5.02. The third kappa shape index (κ3) is 15.2. The molecule has 0 aromatic heterocycles. The van der Waals surface area contributed by atoms with E-state index in [0.29, 0.717) is 0 Å². The predicted octanol–water partition coefficient (Wildman–Crippen LogP) is 6.60. The van der Waals surface area contributed by atoms with Crippen LogP contribution in [0, 0.1) is 0 Å². The van der Waals surface area contributed by atoms with Crippen molar-refractivity contribution in [1.29, 1.82) is 0 Å². The predicted molar refractivity (Wildman–Crippen MR) is 84.9 cm³/mol. The van der Waals surface area contributed by atoms with E-state index >= 15 is 0 Å². The van der Waals surface area contributed by atoms with E-state index in [-0.39, 0.29) is 0 Å². The van der Waals surface area contributed by atoms with Gasteiger partial charge in [0.05, 0.1) is 0 Å². The van der Waals surface area contributed by atoms with Crippen LogP contribution in [0.3, 0.4) is 0 Å². The Bertz CT molecular complexity index is 210. The molecule has 0 unspecified atom stereocenters. The Morgan fingerprint density at radius 1 is 0.667 bits per heavy atom. The van der Waals surface area contributed by atoms with Crippen LogP contribution in [-0.4, -0.2) is 0 Å². The van der Waals surface area contributed by atoms with Crippen LogP contribution in [-0.2, 0) is 0 Å². The highest BCUT2D eigenvalue weighted by Crippen LogP contribution is 2.09. The second-order valence-corrected chi connectivity index (χ2v) is 4.99.